The maximum Gasteiger partial charge on any atom is 0.325 e. The maximum absolute atomic E-state index is 12.5. The topological polar surface area (TPSA) is 97.5 Å². The number of para-hydroxylation sites is 1. The van der Waals surface area contributed by atoms with Crippen LogP contribution in [0.4, 0.5) is 0 Å². The summed E-state index contributed by atoms with van der Waals surface area (Å²) >= 11 is 0. The lowest BCUT2D eigenvalue weighted by molar-refractivity contribution is -0.141. The number of H-pyrrole nitrogens is 1. The predicted molar refractivity (Wildman–Crippen MR) is 118 cm³/mol. The van der Waals surface area contributed by atoms with E-state index < -0.39 is 11.9 Å². The van der Waals surface area contributed by atoms with Gasteiger partial charge in [0.25, 0.3) is 5.91 Å². The molecular weight excluding hydrogens is 396 g/mol. The van der Waals surface area contributed by atoms with E-state index in [1.165, 1.54) is 0 Å². The second kappa shape index (κ2) is 10.4. The van der Waals surface area contributed by atoms with E-state index in [0.29, 0.717) is 23.5 Å². The van der Waals surface area contributed by atoms with Crippen molar-refractivity contribution in [3.05, 3.63) is 65.4 Å². The molecule has 7 heteroatoms. The molecule has 31 heavy (non-hydrogen) atoms. The van der Waals surface area contributed by atoms with Crippen molar-refractivity contribution in [2.24, 2.45) is 0 Å². The van der Waals surface area contributed by atoms with Crippen molar-refractivity contribution in [1.29, 1.82) is 0 Å². The largest absolute Gasteiger partial charge is 0.494 e. The lowest BCUT2D eigenvalue weighted by Gasteiger charge is -2.08. The van der Waals surface area contributed by atoms with Crippen molar-refractivity contribution >= 4 is 28.6 Å². The van der Waals surface area contributed by atoms with Gasteiger partial charge in [0.1, 0.15) is 12.3 Å². The number of carbonyl (C=O) groups is 3. The number of rotatable bonds is 10. The molecule has 7 nitrogen and oxygen atoms in total. The predicted octanol–water partition coefficient (Wildman–Crippen LogP) is 3.81. The average molecular weight is 422 g/mol. The molecule has 0 spiro atoms. The summed E-state index contributed by atoms with van der Waals surface area (Å²) in [5, 5.41) is 3.29. The highest BCUT2D eigenvalue weighted by atomic mass is 16.5. The van der Waals surface area contributed by atoms with Crippen LogP contribution in [-0.4, -0.2) is 42.4 Å². The Labute approximate surface area is 180 Å². The minimum Gasteiger partial charge on any atom is -0.494 e. The number of ketones is 1. The molecule has 0 aliphatic carbocycles. The van der Waals surface area contributed by atoms with Gasteiger partial charge in [0, 0.05) is 27.7 Å². The van der Waals surface area contributed by atoms with Gasteiger partial charge in [-0.3, -0.25) is 14.4 Å². The van der Waals surface area contributed by atoms with E-state index in [1.807, 2.05) is 24.3 Å². The minimum atomic E-state index is -0.682. The Kier molecular flexibility index (Phi) is 7.43. The second-order valence-corrected chi connectivity index (χ2v) is 7.16. The van der Waals surface area contributed by atoms with Gasteiger partial charge >= 0.3 is 5.97 Å². The summed E-state index contributed by atoms with van der Waals surface area (Å²) < 4.78 is 10.6. The van der Waals surface area contributed by atoms with E-state index in [9.17, 15) is 14.4 Å². The highest BCUT2D eigenvalue weighted by Gasteiger charge is 2.18. The van der Waals surface area contributed by atoms with Crippen LogP contribution < -0.4 is 10.1 Å². The molecule has 2 aromatic carbocycles. The van der Waals surface area contributed by atoms with Crippen LogP contribution in [0.1, 0.15) is 46.2 Å². The summed E-state index contributed by atoms with van der Waals surface area (Å²) in [6.45, 7) is 3.80. The average Bonchev–Trinajstić information content (AvgIpc) is 3.12. The number of nitrogens with one attached hydrogen (secondary N) is 2. The lowest BCUT2D eigenvalue weighted by Crippen LogP contribution is -2.31. The molecule has 0 unspecified atom stereocenters. The van der Waals surface area contributed by atoms with Crippen LogP contribution in [0.25, 0.3) is 10.9 Å². The number of aromatic amines is 1. The third kappa shape index (κ3) is 5.72. The first-order valence-corrected chi connectivity index (χ1v) is 10.3. The smallest absolute Gasteiger partial charge is 0.325 e. The van der Waals surface area contributed by atoms with Gasteiger partial charge in [-0.1, -0.05) is 31.5 Å². The number of amides is 1. The number of hydrogen-bond donors (Lipinski definition) is 2. The highest BCUT2D eigenvalue weighted by Crippen LogP contribution is 2.22. The van der Waals surface area contributed by atoms with E-state index in [2.05, 4.69) is 17.2 Å². The van der Waals surface area contributed by atoms with Crippen molar-refractivity contribution in [3.63, 3.8) is 0 Å². The first kappa shape index (κ1) is 22.1. The summed E-state index contributed by atoms with van der Waals surface area (Å²) in [5.41, 5.74) is 2.48. The number of carbonyl (C=O) groups excluding carboxylic acids is 3. The van der Waals surface area contributed by atoms with Crippen molar-refractivity contribution in [2.75, 3.05) is 19.8 Å². The zero-order valence-electron chi connectivity index (χ0n) is 17.7. The zero-order chi connectivity index (χ0) is 22.2. The number of ether oxygens (including phenoxy) is 2. The second-order valence-electron chi connectivity index (χ2n) is 7.16. The number of Topliss-reactive ketones (excluding diaryl/α,β-unsaturated/α-hetero) is 1. The zero-order valence-corrected chi connectivity index (χ0v) is 17.7. The van der Waals surface area contributed by atoms with Gasteiger partial charge in [-0.2, -0.15) is 0 Å². The Bertz CT molecular complexity index is 1070. The van der Waals surface area contributed by atoms with Crippen LogP contribution in [0.15, 0.2) is 48.5 Å². The normalized spacial score (nSPS) is 10.6. The van der Waals surface area contributed by atoms with E-state index in [1.54, 1.807) is 31.2 Å². The van der Waals surface area contributed by atoms with Gasteiger partial charge < -0.3 is 19.8 Å². The van der Waals surface area contributed by atoms with Gasteiger partial charge in [0.2, 0.25) is 5.78 Å². The fourth-order valence-electron chi connectivity index (χ4n) is 3.20. The number of fused-ring (bicyclic) bond motifs is 1. The molecule has 1 aromatic heterocycles. The van der Waals surface area contributed by atoms with Crippen LogP contribution in [0.3, 0.4) is 0 Å². The Morgan fingerprint density at radius 2 is 1.77 bits per heavy atom. The van der Waals surface area contributed by atoms with E-state index >= 15 is 0 Å². The molecule has 0 saturated carbocycles. The van der Waals surface area contributed by atoms with Crippen molar-refractivity contribution in [2.45, 2.75) is 26.7 Å². The van der Waals surface area contributed by atoms with E-state index in [4.69, 9.17) is 9.47 Å². The number of unbranched alkanes of at least 4 members (excludes halogenated alkanes) is 1. The Hall–Kier alpha value is -3.61. The molecule has 0 radical (unpaired) electrons. The molecule has 0 bridgehead atoms. The van der Waals surface area contributed by atoms with Crippen LogP contribution in [0, 0.1) is 6.92 Å². The van der Waals surface area contributed by atoms with Crippen LogP contribution in [0.2, 0.25) is 0 Å². The number of esters is 1. The fourth-order valence-corrected chi connectivity index (χ4v) is 3.20. The van der Waals surface area contributed by atoms with Crippen LogP contribution in [-0.2, 0) is 9.53 Å². The molecule has 2 N–H and O–H groups in total. The molecule has 0 saturated heterocycles. The van der Waals surface area contributed by atoms with Crippen LogP contribution >= 0.6 is 0 Å². The maximum atomic E-state index is 12.5. The summed E-state index contributed by atoms with van der Waals surface area (Å²) in [6, 6.07) is 14.1. The van der Waals surface area contributed by atoms with Gasteiger partial charge in [-0.15, -0.1) is 0 Å². The Balaban J connectivity index is 1.47. The van der Waals surface area contributed by atoms with Crippen LogP contribution in [0.5, 0.6) is 5.75 Å². The lowest BCUT2D eigenvalue weighted by atomic mass is 10.1. The van der Waals surface area contributed by atoms with Gasteiger partial charge in [-0.25, -0.2) is 0 Å². The van der Waals surface area contributed by atoms with Crippen molar-refractivity contribution in [3.8, 4) is 5.75 Å². The van der Waals surface area contributed by atoms with Gasteiger partial charge in [0.15, 0.2) is 6.61 Å². The first-order valence-electron chi connectivity index (χ1n) is 10.3. The summed E-state index contributed by atoms with van der Waals surface area (Å²) in [7, 11) is 0. The van der Waals surface area contributed by atoms with Crippen molar-refractivity contribution < 1.29 is 23.9 Å². The third-order valence-electron chi connectivity index (χ3n) is 4.81. The van der Waals surface area contributed by atoms with Gasteiger partial charge in [-0.05, 0) is 43.7 Å². The standard InChI is InChI=1S/C24H26N2O5/c1-3-4-13-30-18-11-9-17(10-12-18)24(29)25-14-22(28)31-15-21(27)23-16(2)26-20-8-6-5-7-19(20)23/h5-12,26H,3-4,13-15H2,1-2H3,(H,25,29). The molecular formula is C24H26N2O5. The monoisotopic (exact) mass is 422 g/mol. The van der Waals surface area contributed by atoms with Gasteiger partial charge in [0.05, 0.1) is 6.61 Å². The number of benzene rings is 2. The molecule has 1 heterocycles. The molecule has 0 aliphatic heterocycles. The molecule has 0 atom stereocenters. The SMILES string of the molecule is CCCCOc1ccc(C(=O)NCC(=O)OCC(=O)c2c(C)[nH]c3ccccc23)cc1. The summed E-state index contributed by atoms with van der Waals surface area (Å²) in [6.07, 6.45) is 2.01. The number of hydrogen-bond acceptors (Lipinski definition) is 5. The number of aromatic nitrogens is 1. The molecule has 0 aliphatic rings. The molecule has 3 aromatic rings. The van der Waals surface area contributed by atoms with Crippen molar-refractivity contribution in [1.82, 2.24) is 10.3 Å². The summed E-state index contributed by atoms with van der Waals surface area (Å²) in [5.74, 6) is -0.696. The molecule has 0 fully saturated rings. The Morgan fingerprint density at radius 1 is 1.03 bits per heavy atom. The third-order valence-corrected chi connectivity index (χ3v) is 4.81. The first-order chi connectivity index (χ1) is 15.0. The summed E-state index contributed by atoms with van der Waals surface area (Å²) in [4.78, 5) is 39.9. The fraction of sp³-hybridized carbons (Fsp3) is 0.292. The van der Waals surface area contributed by atoms with E-state index in [-0.39, 0.29) is 18.9 Å². The molecule has 1 amide bonds. The molecule has 3 rings (SSSR count). The minimum absolute atomic E-state index is 0.298. The molecule has 162 valence electrons. The number of aryl methyl sites for hydroxylation is 1. The van der Waals surface area contributed by atoms with E-state index in [0.717, 1.165) is 29.4 Å². The Morgan fingerprint density at radius 3 is 2.52 bits per heavy atom. The quantitative estimate of drug-likeness (QED) is 0.294. The highest BCUT2D eigenvalue weighted by molar-refractivity contribution is 6.10.